The van der Waals surface area contributed by atoms with E-state index in [1.807, 2.05) is 7.05 Å². The first-order chi connectivity index (χ1) is 9.70. The Morgan fingerprint density at radius 1 is 1.33 bits per heavy atom. The Labute approximate surface area is 125 Å². The molecule has 0 aliphatic carbocycles. The standard InChI is InChI=1S/C12H16ClF3N4O/c1-19-5-3-7(4-6-19)17-11(21)9-8(13)10(12(14,15)16)20(2)18-9/h7H,3-6H2,1-2H3,(H,17,21). The van der Waals surface area contributed by atoms with E-state index < -0.39 is 22.8 Å². The maximum absolute atomic E-state index is 12.8. The highest BCUT2D eigenvalue weighted by Crippen LogP contribution is 2.35. The average molecular weight is 325 g/mol. The van der Waals surface area contributed by atoms with Crippen molar-refractivity contribution in [1.29, 1.82) is 0 Å². The molecular formula is C12H16ClF3N4O. The number of aryl methyl sites for hydroxylation is 1. The number of rotatable bonds is 2. The van der Waals surface area contributed by atoms with E-state index >= 15 is 0 Å². The number of alkyl halides is 3. The van der Waals surface area contributed by atoms with Crippen molar-refractivity contribution in [3.05, 3.63) is 16.4 Å². The molecule has 21 heavy (non-hydrogen) atoms. The van der Waals surface area contributed by atoms with E-state index in [0.717, 1.165) is 33.0 Å². The predicted octanol–water partition coefficient (Wildman–Crippen LogP) is 1.92. The molecule has 0 unspecified atom stereocenters. The van der Waals surface area contributed by atoms with Gasteiger partial charge >= 0.3 is 6.18 Å². The van der Waals surface area contributed by atoms with Crippen molar-refractivity contribution in [2.45, 2.75) is 25.1 Å². The molecular weight excluding hydrogens is 309 g/mol. The maximum Gasteiger partial charge on any atom is 0.434 e. The number of carbonyl (C=O) groups is 1. The number of hydrogen-bond acceptors (Lipinski definition) is 3. The van der Waals surface area contributed by atoms with Gasteiger partial charge in [-0.2, -0.15) is 18.3 Å². The van der Waals surface area contributed by atoms with Gasteiger partial charge in [-0.25, -0.2) is 0 Å². The van der Waals surface area contributed by atoms with Crippen molar-refractivity contribution in [3.63, 3.8) is 0 Å². The maximum atomic E-state index is 12.8. The predicted molar refractivity (Wildman–Crippen MR) is 71.2 cm³/mol. The Bertz CT molecular complexity index is 535. The highest BCUT2D eigenvalue weighted by Gasteiger charge is 2.40. The number of halogens is 4. The lowest BCUT2D eigenvalue weighted by Gasteiger charge is -2.29. The zero-order chi connectivity index (χ0) is 15.8. The molecule has 9 heteroatoms. The highest BCUT2D eigenvalue weighted by molar-refractivity contribution is 6.34. The van der Waals surface area contributed by atoms with Crippen LogP contribution in [0.25, 0.3) is 0 Å². The monoisotopic (exact) mass is 324 g/mol. The molecule has 1 fully saturated rings. The Hall–Kier alpha value is -1.28. The van der Waals surface area contributed by atoms with E-state index in [9.17, 15) is 18.0 Å². The lowest BCUT2D eigenvalue weighted by Crippen LogP contribution is -2.43. The van der Waals surface area contributed by atoms with Gasteiger partial charge in [0.15, 0.2) is 11.4 Å². The number of amides is 1. The largest absolute Gasteiger partial charge is 0.434 e. The van der Waals surface area contributed by atoms with Gasteiger partial charge in [-0.05, 0) is 33.0 Å². The summed E-state index contributed by atoms with van der Waals surface area (Å²) < 4.78 is 39.0. The first kappa shape index (κ1) is 16.1. The van der Waals surface area contributed by atoms with Gasteiger partial charge in [-0.3, -0.25) is 9.48 Å². The van der Waals surface area contributed by atoms with E-state index in [0.29, 0.717) is 4.68 Å². The second kappa shape index (κ2) is 5.84. The highest BCUT2D eigenvalue weighted by atomic mass is 35.5. The molecule has 2 rings (SSSR count). The Kier molecular flexibility index (Phi) is 4.48. The summed E-state index contributed by atoms with van der Waals surface area (Å²) in [5.74, 6) is -0.666. The van der Waals surface area contributed by atoms with Crippen LogP contribution in [-0.2, 0) is 13.2 Å². The first-order valence-electron chi connectivity index (χ1n) is 6.49. The summed E-state index contributed by atoms with van der Waals surface area (Å²) in [5, 5.41) is 5.64. The minimum Gasteiger partial charge on any atom is -0.348 e. The summed E-state index contributed by atoms with van der Waals surface area (Å²) in [6.07, 6.45) is -3.15. The molecule has 118 valence electrons. The van der Waals surface area contributed by atoms with Crippen molar-refractivity contribution < 1.29 is 18.0 Å². The molecule has 0 radical (unpaired) electrons. The molecule has 1 aliphatic rings. The third-order valence-electron chi connectivity index (χ3n) is 3.53. The Morgan fingerprint density at radius 2 is 1.90 bits per heavy atom. The minimum absolute atomic E-state index is 0.0684. The molecule has 1 N–H and O–H groups in total. The zero-order valence-corrected chi connectivity index (χ0v) is 12.4. The van der Waals surface area contributed by atoms with E-state index in [4.69, 9.17) is 11.6 Å². The second-order valence-corrected chi connectivity index (χ2v) is 5.56. The lowest BCUT2D eigenvalue weighted by molar-refractivity contribution is -0.143. The zero-order valence-electron chi connectivity index (χ0n) is 11.7. The quantitative estimate of drug-likeness (QED) is 0.904. The van der Waals surface area contributed by atoms with E-state index in [1.54, 1.807) is 0 Å². The van der Waals surface area contributed by atoms with Crippen LogP contribution < -0.4 is 5.32 Å². The summed E-state index contributed by atoms with van der Waals surface area (Å²) in [5.41, 5.74) is -1.50. The normalized spacial score (nSPS) is 18.0. The number of nitrogens with one attached hydrogen (secondary N) is 1. The second-order valence-electron chi connectivity index (χ2n) is 5.18. The third-order valence-corrected chi connectivity index (χ3v) is 3.88. The van der Waals surface area contributed by atoms with E-state index in [1.165, 1.54) is 0 Å². The van der Waals surface area contributed by atoms with Gasteiger partial charge in [0.1, 0.15) is 5.02 Å². The fourth-order valence-corrected chi connectivity index (χ4v) is 2.71. The topological polar surface area (TPSA) is 50.2 Å². The molecule has 1 saturated heterocycles. The summed E-state index contributed by atoms with van der Waals surface area (Å²) >= 11 is 5.68. The van der Waals surface area contributed by atoms with Gasteiger partial charge in [0.25, 0.3) is 5.91 Å². The van der Waals surface area contributed by atoms with Gasteiger partial charge in [0.05, 0.1) is 0 Å². The molecule has 0 aromatic carbocycles. The number of nitrogens with zero attached hydrogens (tertiary/aromatic N) is 3. The van der Waals surface area contributed by atoms with Crippen LogP contribution in [-0.4, -0.2) is 46.8 Å². The van der Waals surface area contributed by atoms with Crippen LogP contribution in [0.1, 0.15) is 29.0 Å². The van der Waals surface area contributed by atoms with Crippen molar-refractivity contribution in [3.8, 4) is 0 Å². The number of hydrogen-bond donors (Lipinski definition) is 1. The minimum atomic E-state index is -4.65. The molecule has 1 aromatic heterocycles. The fourth-order valence-electron chi connectivity index (χ4n) is 2.36. The molecule has 0 saturated carbocycles. The summed E-state index contributed by atoms with van der Waals surface area (Å²) in [6.45, 7) is 1.66. The van der Waals surface area contributed by atoms with Crippen molar-refractivity contribution >= 4 is 17.5 Å². The number of piperidine rings is 1. The van der Waals surface area contributed by atoms with Crippen LogP contribution >= 0.6 is 11.6 Å². The summed E-state index contributed by atoms with van der Waals surface area (Å²) in [7, 11) is 3.09. The average Bonchev–Trinajstić information content (AvgIpc) is 2.67. The summed E-state index contributed by atoms with van der Waals surface area (Å²) in [4.78, 5) is 14.2. The molecule has 1 aromatic rings. The van der Waals surface area contributed by atoms with Crippen LogP contribution in [0.4, 0.5) is 13.2 Å². The van der Waals surface area contributed by atoms with E-state index in [-0.39, 0.29) is 11.7 Å². The third kappa shape index (κ3) is 3.49. The molecule has 1 aliphatic heterocycles. The number of likely N-dealkylation sites (tertiary alicyclic amines) is 1. The van der Waals surface area contributed by atoms with Crippen LogP contribution in [0.2, 0.25) is 5.02 Å². The van der Waals surface area contributed by atoms with Gasteiger partial charge in [-0.15, -0.1) is 0 Å². The molecule has 5 nitrogen and oxygen atoms in total. The van der Waals surface area contributed by atoms with Gasteiger partial charge in [-0.1, -0.05) is 11.6 Å². The van der Waals surface area contributed by atoms with Gasteiger partial charge in [0.2, 0.25) is 0 Å². The van der Waals surface area contributed by atoms with Gasteiger partial charge < -0.3 is 10.2 Å². The molecule has 2 heterocycles. The van der Waals surface area contributed by atoms with E-state index in [2.05, 4.69) is 15.3 Å². The lowest BCUT2D eigenvalue weighted by atomic mass is 10.1. The molecule has 1 amide bonds. The van der Waals surface area contributed by atoms with Crippen LogP contribution in [0.5, 0.6) is 0 Å². The smallest absolute Gasteiger partial charge is 0.348 e. The molecule has 0 spiro atoms. The fraction of sp³-hybridized carbons (Fsp3) is 0.667. The van der Waals surface area contributed by atoms with Crippen LogP contribution in [0.3, 0.4) is 0 Å². The number of aromatic nitrogens is 2. The number of carbonyl (C=O) groups excluding carboxylic acids is 1. The van der Waals surface area contributed by atoms with Gasteiger partial charge in [0, 0.05) is 13.1 Å². The van der Waals surface area contributed by atoms with Crippen LogP contribution in [0.15, 0.2) is 0 Å². The molecule has 0 atom stereocenters. The van der Waals surface area contributed by atoms with Crippen molar-refractivity contribution in [2.24, 2.45) is 7.05 Å². The first-order valence-corrected chi connectivity index (χ1v) is 6.87. The Balaban J connectivity index is 2.13. The Morgan fingerprint density at radius 3 is 2.38 bits per heavy atom. The SMILES string of the molecule is CN1CCC(NC(=O)c2nn(C)c(C(F)(F)F)c2Cl)CC1. The van der Waals surface area contributed by atoms with Crippen molar-refractivity contribution in [2.75, 3.05) is 20.1 Å². The van der Waals surface area contributed by atoms with Crippen LogP contribution in [0, 0.1) is 0 Å². The van der Waals surface area contributed by atoms with Crippen molar-refractivity contribution in [1.82, 2.24) is 20.0 Å². The molecule has 0 bridgehead atoms. The summed E-state index contributed by atoms with van der Waals surface area (Å²) in [6, 6.07) is -0.0684.